The van der Waals surface area contributed by atoms with Crippen LogP contribution in [-0.2, 0) is 4.79 Å². The fourth-order valence-corrected chi connectivity index (χ4v) is 1.20. The van der Waals surface area contributed by atoms with E-state index in [4.69, 9.17) is 0 Å². The van der Waals surface area contributed by atoms with E-state index < -0.39 is 41.4 Å². The highest BCUT2D eigenvalue weighted by Gasteiger charge is 2.21. The number of rotatable bonds is 6. The van der Waals surface area contributed by atoms with Gasteiger partial charge in [-0.15, -0.1) is 0 Å². The third-order valence-corrected chi connectivity index (χ3v) is 2.16. The summed E-state index contributed by atoms with van der Waals surface area (Å²) in [6, 6.07) is 0.115. The number of carbonyl (C=O) groups excluding carboxylic acids is 1. The van der Waals surface area contributed by atoms with Gasteiger partial charge in [0.25, 0.3) is 0 Å². The Morgan fingerprint density at radius 3 is 2.21 bits per heavy atom. The minimum atomic E-state index is -1.66. The van der Waals surface area contributed by atoms with Gasteiger partial charge in [0.1, 0.15) is 6.61 Å². The Bertz CT molecular complexity index is 451. The third-order valence-electron chi connectivity index (χ3n) is 2.16. The van der Waals surface area contributed by atoms with E-state index in [-0.39, 0.29) is 18.7 Å². The molecule has 0 heterocycles. The second-order valence-electron chi connectivity index (χ2n) is 4.16. The van der Waals surface area contributed by atoms with Crippen molar-refractivity contribution in [3.8, 4) is 5.75 Å². The zero-order chi connectivity index (χ0) is 14.6. The van der Waals surface area contributed by atoms with Crippen molar-refractivity contribution in [1.82, 2.24) is 5.32 Å². The van der Waals surface area contributed by atoms with Crippen LogP contribution in [0.4, 0.5) is 17.6 Å². The first kappa shape index (κ1) is 15.4. The molecule has 1 aromatic rings. The number of benzene rings is 1. The van der Waals surface area contributed by atoms with Gasteiger partial charge in [0.2, 0.25) is 11.6 Å². The molecule has 0 bridgehead atoms. The second-order valence-corrected chi connectivity index (χ2v) is 4.16. The fourth-order valence-electron chi connectivity index (χ4n) is 1.20. The van der Waals surface area contributed by atoms with E-state index >= 15 is 0 Å². The van der Waals surface area contributed by atoms with Crippen molar-refractivity contribution in [2.45, 2.75) is 19.9 Å². The van der Waals surface area contributed by atoms with Gasteiger partial charge in [-0.3, -0.25) is 4.79 Å². The first-order valence-corrected chi connectivity index (χ1v) is 5.53. The van der Waals surface area contributed by atoms with E-state index in [1.165, 1.54) is 0 Å². The van der Waals surface area contributed by atoms with Crippen LogP contribution < -0.4 is 10.1 Å². The third kappa shape index (κ3) is 4.20. The number of hydrogen-bond donors (Lipinski definition) is 1. The number of hydrogen-bond acceptors (Lipinski definition) is 3. The molecule has 0 aliphatic rings. The molecule has 7 heteroatoms. The molecule has 0 fully saturated rings. The maximum absolute atomic E-state index is 13.2. The number of ketones is 1. The lowest BCUT2D eigenvalue weighted by Gasteiger charge is -2.10. The van der Waals surface area contributed by atoms with E-state index in [2.05, 4.69) is 10.1 Å². The van der Waals surface area contributed by atoms with Crippen LogP contribution >= 0.6 is 0 Å². The summed E-state index contributed by atoms with van der Waals surface area (Å²) in [5.41, 5.74) is 0. The van der Waals surface area contributed by atoms with Gasteiger partial charge in [-0.05, 0) is 0 Å². The molecule has 0 aromatic heterocycles. The van der Waals surface area contributed by atoms with Gasteiger partial charge < -0.3 is 10.1 Å². The van der Waals surface area contributed by atoms with Gasteiger partial charge in [-0.1, -0.05) is 13.8 Å². The molecule has 19 heavy (non-hydrogen) atoms. The van der Waals surface area contributed by atoms with Crippen molar-refractivity contribution >= 4 is 5.78 Å². The zero-order valence-corrected chi connectivity index (χ0v) is 10.4. The first-order valence-electron chi connectivity index (χ1n) is 5.53. The lowest BCUT2D eigenvalue weighted by Crippen LogP contribution is -2.32. The molecule has 0 radical (unpaired) electrons. The normalized spacial score (nSPS) is 10.9. The van der Waals surface area contributed by atoms with Crippen molar-refractivity contribution in [2.75, 3.05) is 13.2 Å². The summed E-state index contributed by atoms with van der Waals surface area (Å²) in [5.74, 6) is -8.22. The summed E-state index contributed by atoms with van der Waals surface area (Å²) in [6.45, 7) is 2.85. The van der Waals surface area contributed by atoms with E-state index in [1.807, 2.05) is 0 Å². The molecular formula is C12H13F4NO2. The topological polar surface area (TPSA) is 38.3 Å². The summed E-state index contributed by atoms with van der Waals surface area (Å²) in [6.07, 6.45) is 0. The number of Topliss-reactive ketones (excluding diaryl/α,β-unsaturated/α-hetero) is 1. The first-order chi connectivity index (χ1) is 8.82. The highest BCUT2D eigenvalue weighted by molar-refractivity contribution is 5.82. The quantitative estimate of drug-likeness (QED) is 0.641. The Balaban J connectivity index is 2.70. The Labute approximate surface area is 107 Å². The molecule has 0 saturated carbocycles. The fraction of sp³-hybridized carbons (Fsp3) is 0.417. The monoisotopic (exact) mass is 279 g/mol. The number of ether oxygens (including phenoxy) is 1. The minimum Gasteiger partial charge on any atom is -0.479 e. The second kappa shape index (κ2) is 6.51. The van der Waals surface area contributed by atoms with Gasteiger partial charge in [0, 0.05) is 12.1 Å². The van der Waals surface area contributed by atoms with Gasteiger partial charge in [0.15, 0.2) is 23.2 Å². The Morgan fingerprint density at radius 1 is 1.21 bits per heavy atom. The zero-order valence-electron chi connectivity index (χ0n) is 10.4. The van der Waals surface area contributed by atoms with E-state index in [0.717, 1.165) is 0 Å². The van der Waals surface area contributed by atoms with Crippen LogP contribution in [0, 0.1) is 23.3 Å². The Morgan fingerprint density at radius 2 is 1.74 bits per heavy atom. The van der Waals surface area contributed by atoms with Crippen LogP contribution in [0.15, 0.2) is 6.07 Å². The number of halogens is 4. The van der Waals surface area contributed by atoms with Crippen LogP contribution in [0.25, 0.3) is 0 Å². The molecule has 0 saturated heterocycles. The maximum Gasteiger partial charge on any atom is 0.203 e. The van der Waals surface area contributed by atoms with Gasteiger partial charge >= 0.3 is 0 Å². The standard InChI is InChI=1S/C12H13F4NO2/c1-6(2)17-4-7(18)5-19-12-10(15)8(13)3-9(14)11(12)16/h3,6,17H,4-5H2,1-2H3. The van der Waals surface area contributed by atoms with Gasteiger partial charge in [-0.25, -0.2) is 8.78 Å². The summed E-state index contributed by atoms with van der Waals surface area (Å²) in [4.78, 5) is 11.3. The lowest BCUT2D eigenvalue weighted by atomic mass is 10.3. The summed E-state index contributed by atoms with van der Waals surface area (Å²) in [7, 11) is 0. The molecular weight excluding hydrogens is 266 g/mol. The van der Waals surface area contributed by atoms with Crippen LogP contribution in [0.2, 0.25) is 0 Å². The minimum absolute atomic E-state index is 0.0454. The van der Waals surface area contributed by atoms with Crippen molar-refractivity contribution in [3.05, 3.63) is 29.3 Å². The lowest BCUT2D eigenvalue weighted by molar-refractivity contribution is -0.120. The average molecular weight is 279 g/mol. The molecule has 0 aliphatic heterocycles. The molecule has 0 atom stereocenters. The molecule has 1 N–H and O–H groups in total. The molecule has 0 spiro atoms. The number of carbonyl (C=O) groups is 1. The smallest absolute Gasteiger partial charge is 0.203 e. The largest absolute Gasteiger partial charge is 0.479 e. The summed E-state index contributed by atoms with van der Waals surface area (Å²) in [5, 5.41) is 2.77. The van der Waals surface area contributed by atoms with Crippen LogP contribution in [0.3, 0.4) is 0 Å². The molecule has 0 aliphatic carbocycles. The maximum atomic E-state index is 13.2. The van der Waals surface area contributed by atoms with Gasteiger partial charge in [-0.2, -0.15) is 8.78 Å². The molecule has 3 nitrogen and oxygen atoms in total. The Hall–Kier alpha value is -1.63. The predicted octanol–water partition coefficient (Wildman–Crippen LogP) is 2.19. The van der Waals surface area contributed by atoms with Crippen molar-refractivity contribution in [3.63, 3.8) is 0 Å². The van der Waals surface area contributed by atoms with E-state index in [9.17, 15) is 22.4 Å². The summed E-state index contributed by atoms with van der Waals surface area (Å²) >= 11 is 0. The molecule has 1 rings (SSSR count). The van der Waals surface area contributed by atoms with Crippen molar-refractivity contribution < 1.29 is 27.1 Å². The highest BCUT2D eigenvalue weighted by Crippen LogP contribution is 2.26. The van der Waals surface area contributed by atoms with E-state index in [1.54, 1.807) is 13.8 Å². The SMILES string of the molecule is CC(C)NCC(=O)COc1c(F)c(F)cc(F)c1F. The van der Waals surface area contributed by atoms with Crippen LogP contribution in [-0.4, -0.2) is 25.0 Å². The molecule has 0 unspecified atom stereocenters. The average Bonchev–Trinajstić information content (AvgIpc) is 2.34. The molecule has 0 amide bonds. The Kier molecular flexibility index (Phi) is 5.29. The summed E-state index contributed by atoms with van der Waals surface area (Å²) < 4.78 is 56.5. The van der Waals surface area contributed by atoms with E-state index in [0.29, 0.717) is 0 Å². The highest BCUT2D eigenvalue weighted by atomic mass is 19.2. The predicted molar refractivity (Wildman–Crippen MR) is 59.9 cm³/mol. The van der Waals surface area contributed by atoms with Crippen LogP contribution in [0.5, 0.6) is 5.75 Å². The molecule has 106 valence electrons. The number of nitrogens with one attached hydrogen (secondary N) is 1. The van der Waals surface area contributed by atoms with Crippen LogP contribution in [0.1, 0.15) is 13.8 Å². The van der Waals surface area contributed by atoms with Gasteiger partial charge in [0.05, 0.1) is 6.54 Å². The van der Waals surface area contributed by atoms with Crippen molar-refractivity contribution in [1.29, 1.82) is 0 Å². The van der Waals surface area contributed by atoms with Crippen molar-refractivity contribution in [2.24, 2.45) is 0 Å². The molecule has 1 aromatic carbocycles.